The molecule has 0 spiro atoms. The molecule has 0 radical (unpaired) electrons. The van der Waals surface area contributed by atoms with Crippen LogP contribution in [0.15, 0.2) is 12.5 Å². The van der Waals surface area contributed by atoms with Crippen LogP contribution in [-0.2, 0) is 23.8 Å². The first-order valence-corrected chi connectivity index (χ1v) is 15.3. The van der Waals surface area contributed by atoms with Crippen LogP contribution in [0.5, 0.6) is 0 Å². The molecule has 238 valence electrons. The van der Waals surface area contributed by atoms with Crippen LogP contribution in [-0.4, -0.2) is 101 Å². The number of nitrogen functional groups attached to an aromatic ring is 1. The van der Waals surface area contributed by atoms with Gasteiger partial charge in [0.2, 0.25) is 11.8 Å². The van der Waals surface area contributed by atoms with E-state index >= 15 is 0 Å². The number of aliphatic hydroxyl groups excluding tert-OH is 2. The van der Waals surface area contributed by atoms with Gasteiger partial charge in [-0.05, 0) is 19.3 Å². The van der Waals surface area contributed by atoms with Crippen molar-refractivity contribution in [1.29, 1.82) is 0 Å². The third kappa shape index (κ3) is 11.6. The Morgan fingerprint density at radius 3 is 2.56 bits per heavy atom. The third-order valence-corrected chi connectivity index (χ3v) is 7.12. The quantitative estimate of drug-likeness (QED) is 0.0868. The standard InChI is InChI=1S/C29H43ClN6O7/c30-10-3-1-2-4-13-41-15-16-42-14-12-33-25(40)9-5-8-24(39)32-11-6-7-21-18-36(26-17-22(38)23(19-37)43-26)29-27(21)28(31)34-20-35-29/h18,20,22-23,26,37-38H,1-5,8-17,19H2,(H,32,39)(H,33,40)(H2,31,34,35)/t22?,23-,26-/m1/s1. The Labute approximate surface area is 256 Å². The number of nitrogens with two attached hydrogens (primary N) is 1. The third-order valence-electron chi connectivity index (χ3n) is 6.85. The van der Waals surface area contributed by atoms with Crippen LogP contribution < -0.4 is 16.4 Å². The SMILES string of the molecule is Nc1ncnc2c1c(C#CCNC(=O)CCCC(=O)NCCOCCOCCCCCCCl)cn2[C@H]1CC(O)[C@@H](CO)O1. The van der Waals surface area contributed by atoms with Gasteiger partial charge in [-0.3, -0.25) is 9.59 Å². The number of amides is 2. The van der Waals surface area contributed by atoms with Gasteiger partial charge < -0.3 is 45.4 Å². The fraction of sp³-hybridized carbons (Fsp3) is 0.655. The first-order chi connectivity index (χ1) is 20.9. The van der Waals surface area contributed by atoms with Crippen molar-refractivity contribution in [2.24, 2.45) is 0 Å². The highest BCUT2D eigenvalue weighted by atomic mass is 35.5. The summed E-state index contributed by atoms with van der Waals surface area (Å²) in [5, 5.41) is 25.6. The molecule has 0 bridgehead atoms. The van der Waals surface area contributed by atoms with Crippen LogP contribution in [0.2, 0.25) is 0 Å². The Kier molecular flexibility index (Phi) is 15.5. The summed E-state index contributed by atoms with van der Waals surface area (Å²) in [5.41, 5.74) is 7.13. The number of rotatable bonds is 19. The van der Waals surface area contributed by atoms with E-state index in [2.05, 4.69) is 32.4 Å². The van der Waals surface area contributed by atoms with Gasteiger partial charge in [0.15, 0.2) is 0 Å². The monoisotopic (exact) mass is 622 g/mol. The van der Waals surface area contributed by atoms with Crippen LogP contribution >= 0.6 is 11.6 Å². The maximum absolute atomic E-state index is 12.2. The van der Waals surface area contributed by atoms with Crippen LogP contribution in [0.1, 0.15) is 63.2 Å². The van der Waals surface area contributed by atoms with E-state index in [0.29, 0.717) is 61.9 Å². The van der Waals surface area contributed by atoms with E-state index in [1.807, 2.05) is 0 Å². The molecule has 13 nitrogen and oxygen atoms in total. The number of ether oxygens (including phenoxy) is 3. The van der Waals surface area contributed by atoms with Crippen molar-refractivity contribution in [2.45, 2.75) is 69.8 Å². The zero-order valence-corrected chi connectivity index (χ0v) is 25.2. The lowest BCUT2D eigenvalue weighted by atomic mass is 10.2. The predicted octanol–water partition coefficient (Wildman–Crippen LogP) is 1.24. The molecule has 2 amide bonds. The zero-order valence-electron chi connectivity index (χ0n) is 24.4. The number of carbonyl (C=O) groups is 2. The molecule has 0 aromatic carbocycles. The second-order valence-corrected chi connectivity index (χ2v) is 10.5. The number of aliphatic hydroxyl groups is 2. The fourth-order valence-electron chi connectivity index (χ4n) is 4.58. The summed E-state index contributed by atoms with van der Waals surface area (Å²) in [5.74, 6) is 6.51. The summed E-state index contributed by atoms with van der Waals surface area (Å²) in [7, 11) is 0. The number of carbonyl (C=O) groups excluding carboxylic acids is 2. The second kappa shape index (κ2) is 19.3. The summed E-state index contributed by atoms with van der Waals surface area (Å²) in [6.45, 7) is 2.33. The number of fused-ring (bicyclic) bond motifs is 1. The van der Waals surface area contributed by atoms with Gasteiger partial charge in [0, 0.05) is 44.5 Å². The van der Waals surface area contributed by atoms with Gasteiger partial charge in [0.1, 0.15) is 30.1 Å². The number of hydrogen-bond acceptors (Lipinski definition) is 10. The first-order valence-electron chi connectivity index (χ1n) is 14.7. The maximum atomic E-state index is 12.2. The molecule has 3 atom stereocenters. The summed E-state index contributed by atoms with van der Waals surface area (Å²) in [4.78, 5) is 32.5. The van der Waals surface area contributed by atoms with Crippen LogP contribution in [0.25, 0.3) is 11.0 Å². The molecule has 0 saturated carbocycles. The smallest absolute Gasteiger partial charge is 0.220 e. The molecule has 43 heavy (non-hydrogen) atoms. The molecular formula is C29H43ClN6O7. The Bertz CT molecular complexity index is 1220. The minimum absolute atomic E-state index is 0.103. The second-order valence-electron chi connectivity index (χ2n) is 10.1. The maximum Gasteiger partial charge on any atom is 0.220 e. The summed E-state index contributed by atoms with van der Waals surface area (Å²) < 4.78 is 18.4. The molecule has 3 rings (SSSR count). The van der Waals surface area contributed by atoms with Crippen molar-refractivity contribution in [2.75, 3.05) is 57.7 Å². The Balaban J connectivity index is 1.30. The Hall–Kier alpha value is -2.99. The van der Waals surface area contributed by atoms with Gasteiger partial charge in [-0.25, -0.2) is 9.97 Å². The topological polar surface area (TPSA) is 183 Å². The van der Waals surface area contributed by atoms with Crippen LogP contribution in [0.4, 0.5) is 5.82 Å². The molecule has 3 heterocycles. The first kappa shape index (κ1) is 34.5. The van der Waals surface area contributed by atoms with Crippen molar-refractivity contribution in [3.63, 3.8) is 0 Å². The number of aromatic nitrogens is 3. The largest absolute Gasteiger partial charge is 0.394 e. The average molecular weight is 623 g/mol. The van der Waals surface area contributed by atoms with Crippen molar-refractivity contribution in [1.82, 2.24) is 25.2 Å². The fourth-order valence-corrected chi connectivity index (χ4v) is 4.77. The number of anilines is 1. The van der Waals surface area contributed by atoms with Crippen LogP contribution in [0, 0.1) is 11.8 Å². The minimum Gasteiger partial charge on any atom is -0.394 e. The van der Waals surface area contributed by atoms with Gasteiger partial charge in [0.05, 0.1) is 50.0 Å². The normalized spacial score (nSPS) is 18.0. The number of alkyl halides is 1. The number of nitrogens with one attached hydrogen (secondary N) is 2. The summed E-state index contributed by atoms with van der Waals surface area (Å²) in [6.07, 6.45) is 6.44. The minimum atomic E-state index is -0.807. The molecular weight excluding hydrogens is 580 g/mol. The molecule has 1 unspecified atom stereocenters. The zero-order chi connectivity index (χ0) is 30.9. The molecule has 1 aliphatic rings. The van der Waals surface area contributed by atoms with E-state index in [0.717, 1.165) is 25.7 Å². The van der Waals surface area contributed by atoms with Crippen molar-refractivity contribution >= 4 is 40.3 Å². The number of hydrogen-bond donors (Lipinski definition) is 5. The highest BCUT2D eigenvalue weighted by molar-refractivity contribution is 6.17. The molecule has 1 aliphatic heterocycles. The summed E-state index contributed by atoms with van der Waals surface area (Å²) >= 11 is 5.65. The molecule has 6 N–H and O–H groups in total. The predicted molar refractivity (Wildman–Crippen MR) is 161 cm³/mol. The van der Waals surface area contributed by atoms with E-state index in [4.69, 9.17) is 31.5 Å². The van der Waals surface area contributed by atoms with E-state index in [9.17, 15) is 19.8 Å². The lowest BCUT2D eigenvalue weighted by Crippen LogP contribution is -2.28. The molecule has 1 fully saturated rings. The lowest BCUT2D eigenvalue weighted by molar-refractivity contribution is -0.122. The molecule has 1 saturated heterocycles. The van der Waals surface area contributed by atoms with E-state index in [1.165, 1.54) is 6.33 Å². The van der Waals surface area contributed by atoms with E-state index < -0.39 is 18.4 Å². The number of nitrogens with zero attached hydrogens (tertiary/aromatic N) is 3. The van der Waals surface area contributed by atoms with Gasteiger partial charge in [0.25, 0.3) is 0 Å². The highest BCUT2D eigenvalue weighted by Gasteiger charge is 2.35. The highest BCUT2D eigenvalue weighted by Crippen LogP contribution is 2.33. The van der Waals surface area contributed by atoms with Crippen LogP contribution in [0.3, 0.4) is 0 Å². The summed E-state index contributed by atoms with van der Waals surface area (Å²) in [6, 6.07) is 0. The molecule has 2 aromatic heterocycles. The molecule has 0 aliphatic carbocycles. The number of unbranched alkanes of at least 4 members (excludes halogenated alkanes) is 3. The lowest BCUT2D eigenvalue weighted by Gasteiger charge is -2.14. The van der Waals surface area contributed by atoms with Gasteiger partial charge in [-0.1, -0.05) is 24.7 Å². The van der Waals surface area contributed by atoms with Gasteiger partial charge >= 0.3 is 0 Å². The Morgan fingerprint density at radius 2 is 1.81 bits per heavy atom. The number of halogens is 1. The van der Waals surface area contributed by atoms with Crippen molar-refractivity contribution in [3.8, 4) is 11.8 Å². The van der Waals surface area contributed by atoms with Crippen molar-refractivity contribution in [3.05, 3.63) is 18.1 Å². The molecule has 2 aromatic rings. The molecule has 14 heteroatoms. The Morgan fingerprint density at radius 1 is 1.07 bits per heavy atom. The van der Waals surface area contributed by atoms with E-state index in [-0.39, 0.29) is 50.0 Å². The van der Waals surface area contributed by atoms with E-state index in [1.54, 1.807) is 10.8 Å². The average Bonchev–Trinajstić information content (AvgIpc) is 3.56. The van der Waals surface area contributed by atoms with Gasteiger partial charge in [-0.2, -0.15) is 0 Å². The van der Waals surface area contributed by atoms with Gasteiger partial charge in [-0.15, -0.1) is 11.6 Å². The van der Waals surface area contributed by atoms with Crippen molar-refractivity contribution < 1.29 is 34.0 Å².